The zero-order valence-corrected chi connectivity index (χ0v) is 15.0. The number of nitrogens with one attached hydrogen (secondary N) is 1. The maximum atomic E-state index is 12.3. The van der Waals surface area contributed by atoms with E-state index in [0.29, 0.717) is 27.9 Å². The third-order valence-corrected chi connectivity index (χ3v) is 6.50. The Labute approximate surface area is 136 Å². The van der Waals surface area contributed by atoms with Crippen LogP contribution in [0.25, 0.3) is 0 Å². The van der Waals surface area contributed by atoms with Gasteiger partial charge in [0.1, 0.15) is 0 Å². The van der Waals surface area contributed by atoms with Crippen LogP contribution in [-0.2, 0) is 10.0 Å². The normalized spacial score (nSPS) is 18.3. The molecule has 1 saturated heterocycles. The zero-order chi connectivity index (χ0) is 15.5. The third kappa shape index (κ3) is 4.52. The summed E-state index contributed by atoms with van der Waals surface area (Å²) in [5.74, 6) is 0.428. The van der Waals surface area contributed by atoms with Crippen molar-refractivity contribution < 1.29 is 8.42 Å². The van der Waals surface area contributed by atoms with E-state index in [0.717, 1.165) is 25.9 Å². The smallest absolute Gasteiger partial charge is 0.241 e. The Morgan fingerprint density at radius 1 is 1.29 bits per heavy atom. The van der Waals surface area contributed by atoms with Crippen LogP contribution in [-0.4, -0.2) is 39.0 Å². The van der Waals surface area contributed by atoms with Crippen molar-refractivity contribution in [3.63, 3.8) is 0 Å². The van der Waals surface area contributed by atoms with E-state index in [1.807, 2.05) is 6.07 Å². The Morgan fingerprint density at radius 2 is 1.90 bits per heavy atom. The predicted octanol–water partition coefficient (Wildman–Crippen LogP) is 2.85. The van der Waals surface area contributed by atoms with E-state index in [-0.39, 0.29) is 0 Å². The minimum Gasteiger partial charge on any atom is -0.301 e. The fourth-order valence-electron chi connectivity index (χ4n) is 2.64. The van der Waals surface area contributed by atoms with Crippen molar-refractivity contribution in [2.45, 2.75) is 37.6 Å². The number of piperidine rings is 1. The van der Waals surface area contributed by atoms with Crippen LogP contribution in [0.4, 0.5) is 0 Å². The quantitative estimate of drug-likeness (QED) is 0.861. The molecule has 0 bridgehead atoms. The van der Waals surface area contributed by atoms with Crippen LogP contribution in [0.2, 0.25) is 0 Å². The van der Waals surface area contributed by atoms with Crippen molar-refractivity contribution in [3.05, 3.63) is 28.7 Å². The number of benzene rings is 1. The number of sulfonamides is 1. The molecule has 118 valence electrons. The molecular formula is C15H23BrN2O2S. The molecule has 21 heavy (non-hydrogen) atoms. The van der Waals surface area contributed by atoms with Crippen LogP contribution in [0.1, 0.15) is 26.7 Å². The monoisotopic (exact) mass is 374 g/mol. The SMILES string of the molecule is CC(C)N1CCC(CNS(=O)(=O)c2ccccc2Br)CC1. The van der Waals surface area contributed by atoms with E-state index in [4.69, 9.17) is 0 Å². The van der Waals surface area contributed by atoms with Crippen molar-refractivity contribution in [1.29, 1.82) is 0 Å². The van der Waals surface area contributed by atoms with Gasteiger partial charge in [0.2, 0.25) is 10.0 Å². The van der Waals surface area contributed by atoms with Crippen molar-refractivity contribution in [2.75, 3.05) is 19.6 Å². The van der Waals surface area contributed by atoms with E-state index in [1.54, 1.807) is 18.2 Å². The first kappa shape index (κ1) is 16.9. The first-order valence-corrected chi connectivity index (χ1v) is 9.66. The average Bonchev–Trinajstić information content (AvgIpc) is 2.46. The van der Waals surface area contributed by atoms with Gasteiger partial charge in [-0.25, -0.2) is 13.1 Å². The lowest BCUT2D eigenvalue weighted by atomic mass is 9.96. The van der Waals surface area contributed by atoms with Crippen molar-refractivity contribution in [1.82, 2.24) is 9.62 Å². The summed E-state index contributed by atoms with van der Waals surface area (Å²) in [6.45, 7) is 7.04. The summed E-state index contributed by atoms with van der Waals surface area (Å²) < 4.78 is 28.0. The molecule has 0 spiro atoms. The highest BCUT2D eigenvalue weighted by molar-refractivity contribution is 9.10. The van der Waals surface area contributed by atoms with Crippen LogP contribution in [0.15, 0.2) is 33.6 Å². The van der Waals surface area contributed by atoms with E-state index in [9.17, 15) is 8.42 Å². The maximum absolute atomic E-state index is 12.3. The largest absolute Gasteiger partial charge is 0.301 e. The molecule has 1 fully saturated rings. The third-order valence-electron chi connectivity index (χ3n) is 4.07. The first-order chi connectivity index (χ1) is 9.90. The maximum Gasteiger partial charge on any atom is 0.241 e. The van der Waals surface area contributed by atoms with Crippen molar-refractivity contribution in [2.24, 2.45) is 5.92 Å². The Morgan fingerprint density at radius 3 is 2.48 bits per heavy atom. The molecular weight excluding hydrogens is 352 g/mol. The van der Waals surface area contributed by atoms with E-state index in [2.05, 4.69) is 39.4 Å². The molecule has 2 rings (SSSR count). The summed E-state index contributed by atoms with van der Waals surface area (Å²) in [7, 11) is -3.43. The summed E-state index contributed by atoms with van der Waals surface area (Å²) in [6.07, 6.45) is 2.10. The Kier molecular flexibility index (Phi) is 5.82. The van der Waals surface area contributed by atoms with Crippen LogP contribution in [0.3, 0.4) is 0 Å². The van der Waals surface area contributed by atoms with Gasteiger partial charge in [0, 0.05) is 17.1 Å². The van der Waals surface area contributed by atoms with Crippen LogP contribution >= 0.6 is 15.9 Å². The molecule has 4 nitrogen and oxygen atoms in total. The van der Waals surface area contributed by atoms with Crippen molar-refractivity contribution >= 4 is 26.0 Å². The number of rotatable bonds is 5. The van der Waals surface area contributed by atoms with E-state index < -0.39 is 10.0 Å². The van der Waals surface area contributed by atoms with Gasteiger partial charge in [0.05, 0.1) is 4.90 Å². The predicted molar refractivity (Wildman–Crippen MR) is 88.8 cm³/mol. The van der Waals surface area contributed by atoms with Gasteiger partial charge in [-0.2, -0.15) is 0 Å². The second-order valence-electron chi connectivity index (χ2n) is 5.86. The number of hydrogen-bond acceptors (Lipinski definition) is 3. The molecule has 0 radical (unpaired) electrons. The standard InChI is InChI=1S/C15H23BrN2O2S/c1-12(2)18-9-7-13(8-10-18)11-17-21(19,20)15-6-4-3-5-14(15)16/h3-6,12-13,17H,7-11H2,1-2H3. The second-order valence-corrected chi connectivity index (χ2v) is 8.45. The van der Waals surface area contributed by atoms with Gasteiger partial charge in [-0.1, -0.05) is 12.1 Å². The van der Waals surface area contributed by atoms with Gasteiger partial charge in [-0.3, -0.25) is 0 Å². The summed E-state index contributed by atoms with van der Waals surface area (Å²) >= 11 is 3.30. The van der Waals surface area contributed by atoms with E-state index >= 15 is 0 Å². The summed E-state index contributed by atoms with van der Waals surface area (Å²) in [4.78, 5) is 2.75. The lowest BCUT2D eigenvalue weighted by Crippen LogP contribution is -2.41. The van der Waals surface area contributed by atoms with Crippen LogP contribution in [0.5, 0.6) is 0 Å². The zero-order valence-electron chi connectivity index (χ0n) is 12.5. The molecule has 0 atom stereocenters. The van der Waals surface area contributed by atoms with Crippen molar-refractivity contribution in [3.8, 4) is 0 Å². The molecule has 0 saturated carbocycles. The highest BCUT2D eigenvalue weighted by Crippen LogP contribution is 2.22. The fourth-order valence-corrected chi connectivity index (χ4v) is 4.76. The van der Waals surface area contributed by atoms with Crippen LogP contribution < -0.4 is 4.72 Å². The van der Waals surface area contributed by atoms with Gasteiger partial charge in [0.25, 0.3) is 0 Å². The Hall–Kier alpha value is -0.430. The molecule has 1 heterocycles. The molecule has 1 aliphatic rings. The number of likely N-dealkylation sites (tertiary alicyclic amines) is 1. The summed E-state index contributed by atoms with van der Waals surface area (Å²) in [6, 6.07) is 7.48. The van der Waals surface area contributed by atoms with Gasteiger partial charge in [-0.15, -0.1) is 0 Å². The van der Waals surface area contributed by atoms with Gasteiger partial charge >= 0.3 is 0 Å². The van der Waals surface area contributed by atoms with E-state index in [1.165, 1.54) is 0 Å². The lowest BCUT2D eigenvalue weighted by Gasteiger charge is -2.34. The number of nitrogens with zero attached hydrogens (tertiary/aromatic N) is 1. The minimum atomic E-state index is -3.43. The van der Waals surface area contributed by atoms with Gasteiger partial charge in [-0.05, 0) is 73.8 Å². The van der Waals surface area contributed by atoms with Gasteiger partial charge < -0.3 is 4.90 Å². The Balaban J connectivity index is 1.90. The highest BCUT2D eigenvalue weighted by Gasteiger charge is 2.23. The molecule has 1 aliphatic heterocycles. The second kappa shape index (κ2) is 7.22. The molecule has 0 unspecified atom stereocenters. The Bertz CT molecular complexity index is 567. The first-order valence-electron chi connectivity index (χ1n) is 7.38. The number of halogens is 1. The molecule has 0 aliphatic carbocycles. The fraction of sp³-hybridized carbons (Fsp3) is 0.600. The molecule has 0 aromatic heterocycles. The molecule has 1 aromatic rings. The molecule has 0 amide bonds. The molecule has 6 heteroatoms. The topological polar surface area (TPSA) is 49.4 Å². The highest BCUT2D eigenvalue weighted by atomic mass is 79.9. The number of hydrogen-bond donors (Lipinski definition) is 1. The lowest BCUT2D eigenvalue weighted by molar-refractivity contribution is 0.151. The summed E-state index contributed by atoms with van der Waals surface area (Å²) in [5, 5.41) is 0. The average molecular weight is 375 g/mol. The molecule has 1 aromatic carbocycles. The molecule has 1 N–H and O–H groups in total. The minimum absolute atomic E-state index is 0.310. The summed E-state index contributed by atoms with van der Waals surface area (Å²) in [5.41, 5.74) is 0. The van der Waals surface area contributed by atoms with Crippen LogP contribution in [0, 0.1) is 5.92 Å². The van der Waals surface area contributed by atoms with Gasteiger partial charge in [0.15, 0.2) is 0 Å².